The van der Waals surface area contributed by atoms with Gasteiger partial charge in [0.1, 0.15) is 0 Å². The van der Waals surface area contributed by atoms with Crippen molar-refractivity contribution in [2.75, 3.05) is 17.3 Å². The van der Waals surface area contributed by atoms with E-state index in [1.807, 2.05) is 36.9 Å². The molecule has 1 aliphatic heterocycles. The van der Waals surface area contributed by atoms with Crippen molar-refractivity contribution in [3.8, 4) is 0 Å². The number of rotatable bonds is 5. The molecule has 0 atom stereocenters. The van der Waals surface area contributed by atoms with Gasteiger partial charge in [-0.2, -0.15) is 0 Å². The van der Waals surface area contributed by atoms with Gasteiger partial charge in [0.05, 0.1) is 5.41 Å². The van der Waals surface area contributed by atoms with Crippen LogP contribution in [0.2, 0.25) is 0 Å². The molecule has 0 saturated carbocycles. The van der Waals surface area contributed by atoms with Crippen molar-refractivity contribution in [2.45, 2.75) is 38.5 Å². The van der Waals surface area contributed by atoms with Crippen molar-refractivity contribution < 1.29 is 4.79 Å². The lowest BCUT2D eigenvalue weighted by Crippen LogP contribution is -2.36. The van der Waals surface area contributed by atoms with Crippen molar-refractivity contribution in [3.05, 3.63) is 29.8 Å². The molecular weight excluding hydrogens is 246 g/mol. The molecule has 0 N–H and O–H groups in total. The SMILES string of the molecule is CC1(C)C(=O)N(CCCCCCl)c2ccccc21. The minimum atomic E-state index is -0.386. The minimum absolute atomic E-state index is 0.217. The van der Waals surface area contributed by atoms with E-state index in [1.165, 1.54) is 0 Å². The van der Waals surface area contributed by atoms with E-state index in [1.54, 1.807) is 0 Å². The first kappa shape index (κ1) is 13.4. The second-order valence-corrected chi connectivity index (χ2v) is 5.73. The number of hydrogen-bond donors (Lipinski definition) is 0. The minimum Gasteiger partial charge on any atom is -0.311 e. The number of carbonyl (C=O) groups is 1. The first-order valence-corrected chi connectivity index (χ1v) is 7.10. The van der Waals surface area contributed by atoms with E-state index in [-0.39, 0.29) is 11.3 Å². The highest BCUT2D eigenvalue weighted by molar-refractivity contribution is 6.17. The number of carbonyl (C=O) groups excluding carboxylic acids is 1. The number of fused-ring (bicyclic) bond motifs is 1. The molecule has 1 aliphatic rings. The van der Waals surface area contributed by atoms with Crippen LogP contribution in [-0.2, 0) is 10.2 Å². The average Bonchev–Trinajstić information content (AvgIpc) is 2.56. The number of para-hydroxylation sites is 1. The predicted octanol–water partition coefficient (Wildman–Crippen LogP) is 3.72. The van der Waals surface area contributed by atoms with Gasteiger partial charge in [-0.25, -0.2) is 0 Å². The summed E-state index contributed by atoms with van der Waals surface area (Å²) in [5, 5.41) is 0. The van der Waals surface area contributed by atoms with Gasteiger partial charge in [0, 0.05) is 18.1 Å². The van der Waals surface area contributed by atoms with Gasteiger partial charge in [0.25, 0.3) is 0 Å². The summed E-state index contributed by atoms with van der Waals surface area (Å²) in [6.07, 6.45) is 3.12. The average molecular weight is 266 g/mol. The number of benzene rings is 1. The number of nitrogens with zero attached hydrogens (tertiary/aromatic N) is 1. The Kier molecular flexibility index (Phi) is 3.96. The highest BCUT2D eigenvalue weighted by atomic mass is 35.5. The Morgan fingerprint density at radius 2 is 1.89 bits per heavy atom. The number of alkyl halides is 1. The maximum absolute atomic E-state index is 12.4. The van der Waals surface area contributed by atoms with Gasteiger partial charge in [-0.3, -0.25) is 4.79 Å². The third-order valence-corrected chi connectivity index (χ3v) is 3.93. The molecule has 1 amide bonds. The number of anilines is 1. The van der Waals surface area contributed by atoms with Crippen molar-refractivity contribution in [3.63, 3.8) is 0 Å². The lowest BCUT2D eigenvalue weighted by Gasteiger charge is -2.20. The Hall–Kier alpha value is -1.02. The van der Waals surface area contributed by atoms with Crippen LogP contribution in [0.25, 0.3) is 0 Å². The van der Waals surface area contributed by atoms with Crippen LogP contribution in [0.4, 0.5) is 5.69 Å². The molecule has 2 nitrogen and oxygen atoms in total. The molecule has 0 aromatic heterocycles. The molecule has 3 heteroatoms. The highest BCUT2D eigenvalue weighted by Crippen LogP contribution is 2.41. The van der Waals surface area contributed by atoms with Crippen molar-refractivity contribution in [1.82, 2.24) is 0 Å². The summed E-state index contributed by atoms with van der Waals surface area (Å²) in [4.78, 5) is 14.4. The number of unbranched alkanes of at least 4 members (excludes halogenated alkanes) is 2. The molecule has 0 fully saturated rings. The van der Waals surface area contributed by atoms with Crippen LogP contribution in [0, 0.1) is 0 Å². The van der Waals surface area contributed by atoms with E-state index >= 15 is 0 Å². The molecule has 98 valence electrons. The summed E-state index contributed by atoms with van der Waals surface area (Å²) < 4.78 is 0. The topological polar surface area (TPSA) is 20.3 Å². The summed E-state index contributed by atoms with van der Waals surface area (Å²) in [5.74, 6) is 0.922. The lowest BCUT2D eigenvalue weighted by molar-refractivity contribution is -0.122. The normalized spacial score (nSPS) is 17.1. The smallest absolute Gasteiger partial charge is 0.237 e. The fourth-order valence-corrected chi connectivity index (χ4v) is 2.75. The zero-order valence-corrected chi connectivity index (χ0v) is 11.8. The Morgan fingerprint density at radius 3 is 2.61 bits per heavy atom. The number of halogens is 1. The third-order valence-electron chi connectivity index (χ3n) is 3.66. The Balaban J connectivity index is 2.15. The van der Waals surface area contributed by atoms with E-state index in [0.717, 1.165) is 37.1 Å². The summed E-state index contributed by atoms with van der Waals surface area (Å²) in [7, 11) is 0. The Bertz CT molecular complexity index is 442. The van der Waals surface area contributed by atoms with Gasteiger partial charge >= 0.3 is 0 Å². The van der Waals surface area contributed by atoms with Gasteiger partial charge in [-0.05, 0) is 38.3 Å². The second kappa shape index (κ2) is 5.31. The number of hydrogen-bond acceptors (Lipinski definition) is 1. The summed E-state index contributed by atoms with van der Waals surface area (Å²) in [6.45, 7) is 4.82. The molecule has 2 rings (SSSR count). The van der Waals surface area contributed by atoms with Crippen LogP contribution < -0.4 is 4.90 Å². The van der Waals surface area contributed by atoms with Crippen LogP contribution >= 0.6 is 11.6 Å². The van der Waals surface area contributed by atoms with Crippen LogP contribution in [0.15, 0.2) is 24.3 Å². The quantitative estimate of drug-likeness (QED) is 0.587. The molecule has 0 bridgehead atoms. The standard InChI is InChI=1S/C15H20ClNO/c1-15(2)12-8-4-5-9-13(12)17(14(15)18)11-7-3-6-10-16/h4-5,8-9H,3,6-7,10-11H2,1-2H3. The summed E-state index contributed by atoms with van der Waals surface area (Å²) >= 11 is 5.67. The van der Waals surface area contributed by atoms with Crippen molar-refractivity contribution >= 4 is 23.2 Å². The predicted molar refractivity (Wildman–Crippen MR) is 76.4 cm³/mol. The van der Waals surface area contributed by atoms with E-state index in [2.05, 4.69) is 6.07 Å². The molecule has 1 aromatic carbocycles. The highest BCUT2D eigenvalue weighted by Gasteiger charge is 2.42. The van der Waals surface area contributed by atoms with E-state index < -0.39 is 0 Å². The van der Waals surface area contributed by atoms with Gasteiger partial charge < -0.3 is 4.90 Å². The van der Waals surface area contributed by atoms with E-state index in [4.69, 9.17) is 11.6 Å². The van der Waals surface area contributed by atoms with Crippen molar-refractivity contribution in [2.24, 2.45) is 0 Å². The fraction of sp³-hybridized carbons (Fsp3) is 0.533. The summed E-state index contributed by atoms with van der Waals surface area (Å²) in [6, 6.07) is 8.11. The molecular formula is C15H20ClNO. The van der Waals surface area contributed by atoms with Crippen molar-refractivity contribution in [1.29, 1.82) is 0 Å². The van der Waals surface area contributed by atoms with Gasteiger partial charge in [-0.15, -0.1) is 11.6 Å². The van der Waals surface area contributed by atoms with Gasteiger partial charge in [-0.1, -0.05) is 24.6 Å². The molecule has 0 spiro atoms. The Morgan fingerprint density at radius 1 is 1.17 bits per heavy atom. The maximum atomic E-state index is 12.4. The lowest BCUT2D eigenvalue weighted by atomic mass is 9.86. The monoisotopic (exact) mass is 265 g/mol. The maximum Gasteiger partial charge on any atom is 0.237 e. The zero-order valence-electron chi connectivity index (χ0n) is 11.1. The van der Waals surface area contributed by atoms with Crippen LogP contribution in [-0.4, -0.2) is 18.3 Å². The van der Waals surface area contributed by atoms with Gasteiger partial charge in [0.15, 0.2) is 0 Å². The Labute approximate surface area is 114 Å². The van der Waals surface area contributed by atoms with Crippen LogP contribution in [0.5, 0.6) is 0 Å². The molecule has 0 saturated heterocycles. The largest absolute Gasteiger partial charge is 0.311 e. The van der Waals surface area contributed by atoms with Gasteiger partial charge in [0.2, 0.25) is 5.91 Å². The second-order valence-electron chi connectivity index (χ2n) is 5.35. The molecule has 0 unspecified atom stereocenters. The molecule has 1 heterocycles. The fourth-order valence-electron chi connectivity index (χ4n) is 2.56. The molecule has 1 aromatic rings. The van der Waals surface area contributed by atoms with Crippen LogP contribution in [0.3, 0.4) is 0 Å². The van der Waals surface area contributed by atoms with Crippen LogP contribution in [0.1, 0.15) is 38.7 Å². The molecule has 0 radical (unpaired) electrons. The summed E-state index contributed by atoms with van der Waals surface area (Å²) in [5.41, 5.74) is 1.84. The first-order valence-electron chi connectivity index (χ1n) is 6.56. The zero-order chi connectivity index (χ0) is 13.2. The first-order chi connectivity index (χ1) is 8.59. The molecule has 0 aliphatic carbocycles. The number of amides is 1. The van der Waals surface area contributed by atoms with E-state index in [9.17, 15) is 4.79 Å². The molecule has 18 heavy (non-hydrogen) atoms. The third kappa shape index (κ3) is 2.26. The van der Waals surface area contributed by atoms with E-state index in [0.29, 0.717) is 5.88 Å².